The maximum atomic E-state index is 12.5. The van der Waals surface area contributed by atoms with Crippen LogP contribution in [0.25, 0.3) is 10.2 Å². The van der Waals surface area contributed by atoms with E-state index in [-0.39, 0.29) is 11.5 Å². The van der Waals surface area contributed by atoms with E-state index in [1.54, 1.807) is 13.0 Å². The van der Waals surface area contributed by atoms with E-state index in [0.717, 1.165) is 28.8 Å². The van der Waals surface area contributed by atoms with E-state index < -0.39 is 6.04 Å². The summed E-state index contributed by atoms with van der Waals surface area (Å²) in [6.45, 7) is 1.67. The molecule has 122 valence electrons. The number of anilines is 1. The number of amides is 1. The second-order valence-electron chi connectivity index (χ2n) is 5.97. The fourth-order valence-corrected chi connectivity index (χ4v) is 3.43. The van der Waals surface area contributed by atoms with Crippen molar-refractivity contribution in [2.75, 3.05) is 5.32 Å². The molecule has 7 heteroatoms. The van der Waals surface area contributed by atoms with Gasteiger partial charge in [0.25, 0.3) is 11.5 Å². The average Bonchev–Trinajstić information content (AvgIpc) is 3.34. The molecular weight excluding hydrogens is 324 g/mol. The number of nitrogens with one attached hydrogen (secondary N) is 1. The van der Waals surface area contributed by atoms with Gasteiger partial charge in [-0.05, 0) is 38.0 Å². The molecule has 1 fully saturated rings. The van der Waals surface area contributed by atoms with Gasteiger partial charge in [-0.1, -0.05) is 23.5 Å². The van der Waals surface area contributed by atoms with Gasteiger partial charge in [-0.2, -0.15) is 5.10 Å². The molecule has 24 heavy (non-hydrogen) atoms. The van der Waals surface area contributed by atoms with Crippen LogP contribution in [-0.4, -0.2) is 20.7 Å². The highest BCUT2D eigenvalue weighted by molar-refractivity contribution is 7.22. The van der Waals surface area contributed by atoms with E-state index in [0.29, 0.717) is 11.0 Å². The Bertz CT molecular complexity index is 941. The minimum atomic E-state index is -0.691. The average molecular weight is 340 g/mol. The van der Waals surface area contributed by atoms with Gasteiger partial charge in [0.15, 0.2) is 5.13 Å². The summed E-state index contributed by atoms with van der Waals surface area (Å²) in [5, 5.41) is 7.68. The minimum Gasteiger partial charge on any atom is -0.300 e. The van der Waals surface area contributed by atoms with Crippen LogP contribution in [0, 0.1) is 0 Å². The number of benzene rings is 1. The molecule has 4 rings (SSSR count). The second-order valence-corrected chi connectivity index (χ2v) is 7.00. The van der Waals surface area contributed by atoms with Gasteiger partial charge in [-0.25, -0.2) is 9.67 Å². The zero-order valence-electron chi connectivity index (χ0n) is 13.1. The number of aromatic nitrogens is 3. The fourth-order valence-electron chi connectivity index (χ4n) is 2.56. The van der Waals surface area contributed by atoms with Crippen molar-refractivity contribution in [2.45, 2.75) is 31.7 Å². The predicted octanol–water partition coefficient (Wildman–Crippen LogP) is 2.93. The largest absolute Gasteiger partial charge is 0.300 e. The number of thiazole rings is 1. The summed E-state index contributed by atoms with van der Waals surface area (Å²) in [7, 11) is 0. The number of carbonyl (C=O) groups is 1. The van der Waals surface area contributed by atoms with E-state index in [1.807, 2.05) is 24.3 Å². The van der Waals surface area contributed by atoms with E-state index in [9.17, 15) is 9.59 Å². The van der Waals surface area contributed by atoms with E-state index in [4.69, 9.17) is 0 Å². The molecule has 1 aromatic carbocycles. The smallest absolute Gasteiger partial charge is 0.267 e. The van der Waals surface area contributed by atoms with Crippen molar-refractivity contribution in [1.29, 1.82) is 0 Å². The number of fused-ring (bicyclic) bond motifs is 1. The lowest BCUT2D eigenvalue weighted by molar-refractivity contribution is -0.119. The van der Waals surface area contributed by atoms with Gasteiger partial charge in [0, 0.05) is 12.0 Å². The first-order chi connectivity index (χ1) is 11.6. The third-order valence-electron chi connectivity index (χ3n) is 4.11. The molecule has 2 heterocycles. The molecule has 1 amide bonds. The fraction of sp³-hybridized carbons (Fsp3) is 0.294. The Morgan fingerprint density at radius 1 is 1.29 bits per heavy atom. The van der Waals surface area contributed by atoms with Crippen LogP contribution in [0.3, 0.4) is 0 Å². The molecular formula is C17H16N4O2S. The first kappa shape index (κ1) is 15.0. The molecule has 3 aromatic rings. The molecule has 1 aliphatic rings. The summed E-state index contributed by atoms with van der Waals surface area (Å²) in [5.74, 6) is 0.132. The van der Waals surface area contributed by atoms with Crippen LogP contribution in [0.4, 0.5) is 5.13 Å². The minimum absolute atomic E-state index is 0.272. The molecule has 1 aliphatic carbocycles. The monoisotopic (exact) mass is 340 g/mol. The Balaban J connectivity index is 1.57. The highest BCUT2D eigenvalue weighted by Crippen LogP contribution is 2.38. The highest BCUT2D eigenvalue weighted by Gasteiger charge is 2.27. The van der Waals surface area contributed by atoms with Crippen molar-refractivity contribution in [2.24, 2.45) is 0 Å². The van der Waals surface area contributed by atoms with Gasteiger partial charge >= 0.3 is 0 Å². The molecule has 0 radical (unpaired) electrons. The zero-order valence-corrected chi connectivity index (χ0v) is 13.9. The van der Waals surface area contributed by atoms with Gasteiger partial charge in [0.1, 0.15) is 6.04 Å². The molecule has 0 spiro atoms. The number of rotatable bonds is 4. The number of hydrogen-bond acceptors (Lipinski definition) is 5. The molecule has 1 atom stereocenters. The van der Waals surface area contributed by atoms with E-state index in [2.05, 4.69) is 15.4 Å². The Morgan fingerprint density at radius 2 is 2.08 bits per heavy atom. The Labute approximate surface area is 142 Å². The summed E-state index contributed by atoms with van der Waals surface area (Å²) in [6.07, 6.45) is 2.19. The first-order valence-corrected chi connectivity index (χ1v) is 8.69. The van der Waals surface area contributed by atoms with Crippen molar-refractivity contribution in [3.8, 4) is 0 Å². The number of nitrogens with zero attached hydrogens (tertiary/aromatic N) is 3. The lowest BCUT2D eigenvalue weighted by Gasteiger charge is -2.13. The van der Waals surface area contributed by atoms with Crippen LogP contribution in [-0.2, 0) is 4.79 Å². The lowest BCUT2D eigenvalue weighted by Crippen LogP contribution is -2.33. The SMILES string of the molecule is CC(C(=O)Nc1nc2ccccc2s1)n1nc(C2CC2)ccc1=O. The summed E-state index contributed by atoms with van der Waals surface area (Å²) in [6, 6.07) is 10.2. The Hall–Kier alpha value is -2.54. The van der Waals surface area contributed by atoms with E-state index >= 15 is 0 Å². The van der Waals surface area contributed by atoms with E-state index in [1.165, 1.54) is 22.1 Å². The number of hydrogen-bond donors (Lipinski definition) is 1. The topological polar surface area (TPSA) is 76.9 Å². The van der Waals surface area contributed by atoms with Crippen LogP contribution < -0.4 is 10.9 Å². The number of carbonyl (C=O) groups excluding carboxylic acids is 1. The van der Waals surface area contributed by atoms with Crippen molar-refractivity contribution >= 4 is 32.6 Å². The van der Waals surface area contributed by atoms with Crippen molar-refractivity contribution < 1.29 is 4.79 Å². The molecule has 1 saturated carbocycles. The van der Waals surface area contributed by atoms with Crippen molar-refractivity contribution in [3.63, 3.8) is 0 Å². The third-order valence-corrected chi connectivity index (χ3v) is 5.06. The summed E-state index contributed by atoms with van der Waals surface area (Å²) >= 11 is 1.41. The maximum Gasteiger partial charge on any atom is 0.267 e. The van der Waals surface area contributed by atoms with Crippen LogP contribution in [0.2, 0.25) is 0 Å². The van der Waals surface area contributed by atoms with Gasteiger partial charge in [-0.3, -0.25) is 9.59 Å². The van der Waals surface area contributed by atoms with Gasteiger partial charge in [0.05, 0.1) is 15.9 Å². The summed E-state index contributed by atoms with van der Waals surface area (Å²) in [5.41, 5.74) is 1.46. The molecule has 0 saturated heterocycles. The zero-order chi connectivity index (χ0) is 16.7. The first-order valence-electron chi connectivity index (χ1n) is 7.88. The summed E-state index contributed by atoms with van der Waals surface area (Å²) in [4.78, 5) is 28.9. The van der Waals surface area contributed by atoms with Crippen molar-refractivity contribution in [3.05, 3.63) is 52.4 Å². The molecule has 0 aliphatic heterocycles. The second kappa shape index (κ2) is 5.83. The van der Waals surface area contributed by atoms with Gasteiger partial charge in [-0.15, -0.1) is 0 Å². The quantitative estimate of drug-likeness (QED) is 0.792. The summed E-state index contributed by atoms with van der Waals surface area (Å²) < 4.78 is 2.27. The predicted molar refractivity (Wildman–Crippen MR) is 93.4 cm³/mol. The van der Waals surface area contributed by atoms with Crippen LogP contribution in [0.1, 0.15) is 37.4 Å². The molecule has 2 aromatic heterocycles. The normalized spacial score (nSPS) is 15.4. The van der Waals surface area contributed by atoms with Gasteiger partial charge < -0.3 is 5.32 Å². The number of para-hydroxylation sites is 1. The Kier molecular flexibility index (Phi) is 3.65. The molecule has 6 nitrogen and oxygen atoms in total. The third kappa shape index (κ3) is 2.82. The van der Waals surface area contributed by atoms with Crippen molar-refractivity contribution in [1.82, 2.24) is 14.8 Å². The van der Waals surface area contributed by atoms with Crippen LogP contribution in [0.5, 0.6) is 0 Å². The molecule has 1 unspecified atom stereocenters. The lowest BCUT2D eigenvalue weighted by atomic mass is 10.2. The molecule has 1 N–H and O–H groups in total. The van der Waals surface area contributed by atoms with Crippen LogP contribution >= 0.6 is 11.3 Å². The maximum absolute atomic E-state index is 12.5. The van der Waals surface area contributed by atoms with Gasteiger partial charge in [0.2, 0.25) is 0 Å². The Morgan fingerprint density at radius 3 is 2.83 bits per heavy atom. The standard InChI is InChI=1S/C17H16N4O2S/c1-10(21-15(22)9-8-12(20-21)11-6-7-11)16(23)19-17-18-13-4-2-3-5-14(13)24-17/h2-5,8-11H,6-7H2,1H3,(H,18,19,23). The highest BCUT2D eigenvalue weighted by atomic mass is 32.1. The van der Waals surface area contributed by atoms with Crippen LogP contribution in [0.15, 0.2) is 41.2 Å². The molecule has 0 bridgehead atoms.